The highest BCUT2D eigenvalue weighted by atomic mass is 32.2. The van der Waals surface area contributed by atoms with Crippen molar-refractivity contribution in [3.8, 4) is 9.75 Å². The van der Waals surface area contributed by atoms with Crippen molar-refractivity contribution >= 4 is 44.7 Å². The van der Waals surface area contributed by atoms with Gasteiger partial charge in [-0.3, -0.25) is 4.79 Å². The molecule has 0 radical (unpaired) electrons. The van der Waals surface area contributed by atoms with Gasteiger partial charge in [-0.15, -0.1) is 22.7 Å². The first-order chi connectivity index (χ1) is 9.31. The predicted octanol–water partition coefficient (Wildman–Crippen LogP) is 3.50. The molecule has 0 bridgehead atoms. The minimum absolute atomic E-state index is 0.0434. The SMILES string of the molecule is O=c1[nH]cnc2cc(-c3cc4c(s3)CCSC4)sc12. The molecule has 0 atom stereocenters. The van der Waals surface area contributed by atoms with Crippen molar-refractivity contribution in [2.45, 2.75) is 12.2 Å². The molecule has 6 heteroatoms. The van der Waals surface area contributed by atoms with Gasteiger partial charge in [0.25, 0.3) is 5.56 Å². The van der Waals surface area contributed by atoms with Crippen LogP contribution in [0.4, 0.5) is 0 Å². The van der Waals surface area contributed by atoms with Crippen LogP contribution in [0.3, 0.4) is 0 Å². The van der Waals surface area contributed by atoms with Crippen LogP contribution in [-0.2, 0) is 12.2 Å². The lowest BCUT2D eigenvalue weighted by molar-refractivity contribution is 1.13. The zero-order chi connectivity index (χ0) is 12.8. The van der Waals surface area contributed by atoms with Crippen molar-refractivity contribution in [2.24, 2.45) is 0 Å². The Hall–Kier alpha value is -1.11. The Morgan fingerprint density at radius 1 is 1.21 bits per heavy atom. The topological polar surface area (TPSA) is 45.8 Å². The van der Waals surface area contributed by atoms with Gasteiger partial charge in [0.05, 0.1) is 11.8 Å². The van der Waals surface area contributed by atoms with E-state index in [1.807, 2.05) is 29.2 Å². The van der Waals surface area contributed by atoms with Crippen LogP contribution in [0.25, 0.3) is 20.0 Å². The van der Waals surface area contributed by atoms with E-state index in [0.29, 0.717) is 0 Å². The Labute approximate surface area is 121 Å². The lowest BCUT2D eigenvalue weighted by atomic mass is 10.2. The van der Waals surface area contributed by atoms with E-state index < -0.39 is 0 Å². The summed E-state index contributed by atoms with van der Waals surface area (Å²) in [5.74, 6) is 2.34. The number of aromatic amines is 1. The zero-order valence-electron chi connectivity index (χ0n) is 9.93. The summed E-state index contributed by atoms with van der Waals surface area (Å²) in [5.41, 5.74) is 2.22. The van der Waals surface area contributed by atoms with E-state index in [9.17, 15) is 4.79 Å². The molecule has 3 aromatic heterocycles. The Balaban J connectivity index is 1.88. The van der Waals surface area contributed by atoms with Gasteiger partial charge in [-0.1, -0.05) is 0 Å². The number of fused-ring (bicyclic) bond motifs is 2. The molecule has 4 rings (SSSR count). The molecule has 1 aliphatic heterocycles. The van der Waals surface area contributed by atoms with Crippen LogP contribution in [0.15, 0.2) is 23.3 Å². The molecule has 0 aliphatic carbocycles. The molecule has 4 heterocycles. The largest absolute Gasteiger partial charge is 0.312 e. The molecule has 19 heavy (non-hydrogen) atoms. The van der Waals surface area contributed by atoms with Crippen molar-refractivity contribution in [1.29, 1.82) is 0 Å². The average Bonchev–Trinajstić information content (AvgIpc) is 3.02. The first kappa shape index (κ1) is 11.7. The first-order valence-corrected chi connectivity index (χ1v) is 8.77. The fourth-order valence-electron chi connectivity index (χ4n) is 2.26. The van der Waals surface area contributed by atoms with Gasteiger partial charge in [-0.05, 0) is 29.9 Å². The number of thioether (sulfide) groups is 1. The molecule has 3 aromatic rings. The smallest absolute Gasteiger partial charge is 0.268 e. The highest BCUT2D eigenvalue weighted by molar-refractivity contribution is 7.98. The van der Waals surface area contributed by atoms with Crippen LogP contribution in [0, 0.1) is 0 Å². The minimum Gasteiger partial charge on any atom is -0.312 e. The first-order valence-electron chi connectivity index (χ1n) is 5.98. The van der Waals surface area contributed by atoms with Crippen molar-refractivity contribution in [3.05, 3.63) is 39.3 Å². The van der Waals surface area contributed by atoms with Gasteiger partial charge in [0.15, 0.2) is 0 Å². The standard InChI is InChI=1S/C13H10N2OS3/c16-13-12-8(14-6-15-13)4-11(19-12)10-3-7-5-17-2-1-9(7)18-10/h3-4,6H,1-2,5H2,(H,14,15,16). The molecule has 1 aliphatic rings. The average molecular weight is 306 g/mol. The molecule has 0 fully saturated rings. The van der Waals surface area contributed by atoms with Crippen LogP contribution in [0.2, 0.25) is 0 Å². The fraction of sp³-hybridized carbons (Fsp3) is 0.231. The van der Waals surface area contributed by atoms with Crippen LogP contribution in [0.5, 0.6) is 0 Å². The second kappa shape index (κ2) is 4.47. The van der Waals surface area contributed by atoms with Crippen molar-refractivity contribution < 1.29 is 0 Å². The summed E-state index contributed by atoms with van der Waals surface area (Å²) >= 11 is 5.40. The molecule has 0 saturated carbocycles. The van der Waals surface area contributed by atoms with Crippen LogP contribution >= 0.6 is 34.4 Å². The maximum atomic E-state index is 11.7. The van der Waals surface area contributed by atoms with Gasteiger partial charge >= 0.3 is 0 Å². The molecule has 3 nitrogen and oxygen atoms in total. The van der Waals surface area contributed by atoms with Gasteiger partial charge in [0.2, 0.25) is 0 Å². The van der Waals surface area contributed by atoms with E-state index in [4.69, 9.17) is 0 Å². The van der Waals surface area contributed by atoms with Gasteiger partial charge in [-0.2, -0.15) is 11.8 Å². The highest BCUT2D eigenvalue weighted by Gasteiger charge is 2.16. The lowest BCUT2D eigenvalue weighted by Gasteiger charge is -2.08. The van der Waals surface area contributed by atoms with Gasteiger partial charge < -0.3 is 4.98 Å². The number of hydrogen-bond acceptors (Lipinski definition) is 5. The van der Waals surface area contributed by atoms with Gasteiger partial charge in [-0.25, -0.2) is 4.98 Å². The molecule has 0 saturated heterocycles. The summed E-state index contributed by atoms with van der Waals surface area (Å²) < 4.78 is 0.721. The summed E-state index contributed by atoms with van der Waals surface area (Å²) in [6.45, 7) is 0. The molecule has 0 unspecified atom stereocenters. The minimum atomic E-state index is -0.0434. The van der Waals surface area contributed by atoms with Crippen LogP contribution in [-0.4, -0.2) is 15.7 Å². The molecular formula is C13H10N2OS3. The van der Waals surface area contributed by atoms with Crippen molar-refractivity contribution in [3.63, 3.8) is 0 Å². The second-order valence-electron chi connectivity index (χ2n) is 4.42. The molecule has 0 amide bonds. The number of nitrogens with zero attached hydrogens (tertiary/aromatic N) is 1. The summed E-state index contributed by atoms with van der Waals surface area (Å²) in [6, 6.07) is 4.31. The second-order valence-corrected chi connectivity index (χ2v) is 7.71. The zero-order valence-corrected chi connectivity index (χ0v) is 12.4. The Bertz CT molecular complexity index is 791. The molecule has 96 valence electrons. The van der Waals surface area contributed by atoms with Gasteiger partial charge in [0.1, 0.15) is 4.70 Å². The molecule has 0 spiro atoms. The number of nitrogens with one attached hydrogen (secondary N) is 1. The van der Waals surface area contributed by atoms with E-state index in [1.54, 1.807) is 0 Å². The summed E-state index contributed by atoms with van der Waals surface area (Å²) in [4.78, 5) is 22.5. The van der Waals surface area contributed by atoms with Crippen LogP contribution in [0.1, 0.15) is 10.4 Å². The maximum absolute atomic E-state index is 11.7. The molecule has 0 aromatic carbocycles. The number of hydrogen-bond donors (Lipinski definition) is 1. The summed E-state index contributed by atoms with van der Waals surface area (Å²) in [6.07, 6.45) is 2.64. The van der Waals surface area contributed by atoms with Crippen LogP contribution < -0.4 is 5.56 Å². The number of aryl methyl sites for hydroxylation is 1. The Morgan fingerprint density at radius 3 is 2.95 bits per heavy atom. The Kier molecular flexibility index (Phi) is 2.75. The lowest BCUT2D eigenvalue weighted by Crippen LogP contribution is -2.02. The Morgan fingerprint density at radius 2 is 2.11 bits per heavy atom. The van der Waals surface area contributed by atoms with E-state index in [0.717, 1.165) is 20.8 Å². The third-order valence-corrected chi connectivity index (χ3v) is 6.75. The summed E-state index contributed by atoms with van der Waals surface area (Å²) in [5, 5.41) is 0. The third kappa shape index (κ3) is 1.94. The van der Waals surface area contributed by atoms with Crippen molar-refractivity contribution in [2.75, 3.05) is 5.75 Å². The summed E-state index contributed by atoms with van der Waals surface area (Å²) in [7, 11) is 0. The quantitative estimate of drug-likeness (QED) is 0.748. The predicted molar refractivity (Wildman–Crippen MR) is 83.4 cm³/mol. The van der Waals surface area contributed by atoms with E-state index in [1.165, 1.54) is 45.2 Å². The fourth-order valence-corrected chi connectivity index (χ4v) is 5.71. The number of rotatable bonds is 1. The maximum Gasteiger partial charge on any atom is 0.268 e. The number of aromatic nitrogens is 2. The van der Waals surface area contributed by atoms with E-state index >= 15 is 0 Å². The normalized spacial score (nSPS) is 14.7. The molecular weight excluding hydrogens is 296 g/mol. The third-order valence-electron chi connectivity index (χ3n) is 3.19. The van der Waals surface area contributed by atoms with E-state index in [-0.39, 0.29) is 5.56 Å². The number of H-pyrrole nitrogens is 1. The number of thiophene rings is 2. The molecule has 1 N–H and O–H groups in total. The van der Waals surface area contributed by atoms with Crippen molar-refractivity contribution in [1.82, 2.24) is 9.97 Å². The van der Waals surface area contributed by atoms with Gasteiger partial charge in [0, 0.05) is 20.4 Å². The van der Waals surface area contributed by atoms with E-state index in [2.05, 4.69) is 16.0 Å². The highest BCUT2D eigenvalue weighted by Crippen LogP contribution is 2.40. The monoisotopic (exact) mass is 306 g/mol.